The van der Waals surface area contributed by atoms with Crippen LogP contribution < -0.4 is 0 Å². The Kier molecular flexibility index (Phi) is 12.9. The monoisotopic (exact) mass is 300 g/mol. The van der Waals surface area contributed by atoms with Crippen molar-refractivity contribution in [1.29, 1.82) is 0 Å². The van der Waals surface area contributed by atoms with E-state index in [0.29, 0.717) is 0 Å². The molecular formula is C22H36. The molecule has 0 spiro atoms. The smallest absolute Gasteiger partial charge is 0.0260 e. The molecule has 124 valence electrons. The van der Waals surface area contributed by atoms with Gasteiger partial charge in [0.15, 0.2) is 0 Å². The zero-order valence-corrected chi connectivity index (χ0v) is 14.7. The maximum absolute atomic E-state index is 2.33. The summed E-state index contributed by atoms with van der Waals surface area (Å²) in [6.07, 6.45) is 23.0. The van der Waals surface area contributed by atoms with E-state index in [9.17, 15) is 0 Å². The van der Waals surface area contributed by atoms with Crippen LogP contribution in [0.15, 0.2) is 36.4 Å². The predicted molar refractivity (Wildman–Crippen MR) is 101 cm³/mol. The summed E-state index contributed by atoms with van der Waals surface area (Å²) in [6, 6.07) is 10.6. The highest BCUT2D eigenvalue weighted by atomic mass is 14.0. The van der Waals surface area contributed by atoms with Gasteiger partial charge in [-0.2, -0.15) is 0 Å². The van der Waals surface area contributed by atoms with Crippen LogP contribution in [0.2, 0.25) is 0 Å². The van der Waals surface area contributed by atoms with Gasteiger partial charge in [-0.1, -0.05) is 120 Å². The zero-order chi connectivity index (χ0) is 15.7. The highest BCUT2D eigenvalue weighted by Gasteiger charge is 1.93. The summed E-state index contributed by atoms with van der Waals surface area (Å²) in [4.78, 5) is 0. The predicted octanol–water partition coefficient (Wildman–Crippen LogP) is 7.79. The van der Waals surface area contributed by atoms with Crippen LogP contribution >= 0.6 is 0 Å². The highest BCUT2D eigenvalue weighted by molar-refractivity contribution is 5.48. The molecule has 0 fully saturated rings. The molecule has 0 bridgehead atoms. The fourth-order valence-corrected chi connectivity index (χ4v) is 2.89. The Morgan fingerprint density at radius 1 is 0.636 bits per heavy atom. The minimum Gasteiger partial charge on any atom is -0.0839 e. The maximum Gasteiger partial charge on any atom is -0.0260 e. The molecule has 1 aromatic rings. The van der Waals surface area contributed by atoms with E-state index in [2.05, 4.69) is 49.4 Å². The minimum absolute atomic E-state index is 1.23. The molecule has 0 heterocycles. The first kappa shape index (κ1) is 19.0. The Balaban J connectivity index is 1.79. The van der Waals surface area contributed by atoms with Gasteiger partial charge in [-0.05, 0) is 18.4 Å². The van der Waals surface area contributed by atoms with E-state index in [1.54, 1.807) is 0 Å². The van der Waals surface area contributed by atoms with Gasteiger partial charge in [0.2, 0.25) is 0 Å². The number of benzene rings is 1. The molecule has 1 rings (SSSR count). The summed E-state index contributed by atoms with van der Waals surface area (Å²) >= 11 is 0. The van der Waals surface area contributed by atoms with Crippen LogP contribution in [0.1, 0.15) is 96.0 Å². The summed E-state index contributed by atoms with van der Waals surface area (Å²) in [6.45, 7) is 2.29. The van der Waals surface area contributed by atoms with Crippen LogP contribution in [0.3, 0.4) is 0 Å². The van der Waals surface area contributed by atoms with Gasteiger partial charge in [0, 0.05) is 0 Å². The lowest BCUT2D eigenvalue weighted by molar-refractivity contribution is 0.545. The van der Waals surface area contributed by atoms with Crippen molar-refractivity contribution in [1.82, 2.24) is 0 Å². The van der Waals surface area contributed by atoms with Crippen molar-refractivity contribution in [3.63, 3.8) is 0 Å². The molecule has 0 aromatic heterocycles. The van der Waals surface area contributed by atoms with Gasteiger partial charge >= 0.3 is 0 Å². The molecule has 22 heavy (non-hydrogen) atoms. The number of rotatable bonds is 14. The molecule has 0 saturated carbocycles. The van der Waals surface area contributed by atoms with Crippen LogP contribution in [0.25, 0.3) is 6.08 Å². The molecular weight excluding hydrogens is 264 g/mol. The summed E-state index contributed by atoms with van der Waals surface area (Å²) in [5.74, 6) is 0. The molecule has 0 heteroatoms. The largest absolute Gasteiger partial charge is 0.0839 e. The lowest BCUT2D eigenvalue weighted by atomic mass is 10.0. The lowest BCUT2D eigenvalue weighted by Gasteiger charge is -2.02. The highest BCUT2D eigenvalue weighted by Crippen LogP contribution is 2.12. The first-order valence-corrected chi connectivity index (χ1v) is 9.65. The summed E-state index contributed by atoms with van der Waals surface area (Å²) in [7, 11) is 0. The average Bonchev–Trinajstić information content (AvgIpc) is 2.56. The average molecular weight is 301 g/mol. The van der Waals surface area contributed by atoms with Crippen molar-refractivity contribution < 1.29 is 0 Å². The van der Waals surface area contributed by atoms with Gasteiger partial charge in [0.25, 0.3) is 0 Å². The molecule has 0 radical (unpaired) electrons. The fraction of sp³-hybridized carbons (Fsp3) is 0.636. The quantitative estimate of drug-likeness (QED) is 0.307. The second-order valence-electron chi connectivity index (χ2n) is 6.49. The summed E-state index contributed by atoms with van der Waals surface area (Å²) in [5, 5.41) is 0. The molecule has 0 unspecified atom stereocenters. The molecule has 0 amide bonds. The zero-order valence-electron chi connectivity index (χ0n) is 14.7. The molecule has 0 nitrogen and oxygen atoms in total. The van der Waals surface area contributed by atoms with E-state index in [4.69, 9.17) is 0 Å². The topological polar surface area (TPSA) is 0 Å². The molecule has 1 aromatic carbocycles. The molecule has 0 aliphatic rings. The van der Waals surface area contributed by atoms with Crippen molar-refractivity contribution in [2.75, 3.05) is 0 Å². The molecule has 0 aliphatic heterocycles. The van der Waals surface area contributed by atoms with Crippen molar-refractivity contribution in [2.24, 2.45) is 0 Å². The molecule has 0 atom stereocenters. The van der Waals surface area contributed by atoms with Crippen LogP contribution in [0.4, 0.5) is 0 Å². The van der Waals surface area contributed by atoms with Gasteiger partial charge in [-0.3, -0.25) is 0 Å². The van der Waals surface area contributed by atoms with Crippen LogP contribution in [0, 0.1) is 0 Å². The number of unbranched alkanes of at least 4 members (excludes halogenated alkanes) is 12. The third-order valence-corrected chi connectivity index (χ3v) is 4.33. The molecule has 0 saturated heterocycles. The number of hydrogen-bond acceptors (Lipinski definition) is 0. The van der Waals surface area contributed by atoms with E-state index in [0.717, 1.165) is 0 Å². The Morgan fingerprint density at radius 2 is 1.14 bits per heavy atom. The third-order valence-electron chi connectivity index (χ3n) is 4.33. The van der Waals surface area contributed by atoms with Gasteiger partial charge in [-0.25, -0.2) is 0 Å². The fourth-order valence-electron chi connectivity index (χ4n) is 2.89. The van der Waals surface area contributed by atoms with Gasteiger partial charge in [-0.15, -0.1) is 0 Å². The standard InChI is InChI=1S/C22H36/c1-2-3-4-5-6-7-8-9-10-11-12-13-14-16-19-22-20-17-15-18-21-22/h15-21H,2-14H2,1H3/b19-16+. The van der Waals surface area contributed by atoms with Crippen molar-refractivity contribution in [3.8, 4) is 0 Å². The van der Waals surface area contributed by atoms with Crippen molar-refractivity contribution >= 4 is 6.08 Å². The van der Waals surface area contributed by atoms with Crippen molar-refractivity contribution in [3.05, 3.63) is 42.0 Å². The second-order valence-corrected chi connectivity index (χ2v) is 6.49. The second kappa shape index (κ2) is 14.9. The SMILES string of the molecule is CCCCCCCCCCCCCC/C=C/c1ccccc1. The first-order valence-electron chi connectivity index (χ1n) is 9.65. The van der Waals surface area contributed by atoms with Crippen LogP contribution in [0.5, 0.6) is 0 Å². The normalized spacial score (nSPS) is 11.3. The number of hydrogen-bond donors (Lipinski definition) is 0. The molecule has 0 aliphatic carbocycles. The Hall–Kier alpha value is -1.04. The van der Waals surface area contributed by atoms with Crippen molar-refractivity contribution in [2.45, 2.75) is 90.4 Å². The van der Waals surface area contributed by atoms with E-state index < -0.39 is 0 Å². The Morgan fingerprint density at radius 3 is 1.68 bits per heavy atom. The van der Waals surface area contributed by atoms with Crippen LogP contribution in [-0.4, -0.2) is 0 Å². The van der Waals surface area contributed by atoms with E-state index in [1.807, 2.05) is 0 Å². The van der Waals surface area contributed by atoms with Gasteiger partial charge in [0.05, 0.1) is 0 Å². The molecule has 0 N–H and O–H groups in total. The van der Waals surface area contributed by atoms with E-state index in [-0.39, 0.29) is 0 Å². The van der Waals surface area contributed by atoms with Gasteiger partial charge < -0.3 is 0 Å². The first-order chi connectivity index (χ1) is 10.9. The van der Waals surface area contributed by atoms with Crippen LogP contribution in [-0.2, 0) is 0 Å². The summed E-state index contributed by atoms with van der Waals surface area (Å²) in [5.41, 5.74) is 1.32. The van der Waals surface area contributed by atoms with Gasteiger partial charge in [0.1, 0.15) is 0 Å². The third kappa shape index (κ3) is 11.6. The minimum atomic E-state index is 1.23. The lowest BCUT2D eigenvalue weighted by Crippen LogP contribution is -1.82. The van der Waals surface area contributed by atoms with E-state index >= 15 is 0 Å². The van der Waals surface area contributed by atoms with E-state index in [1.165, 1.54) is 89.0 Å². The number of allylic oxidation sites excluding steroid dienone is 1. The Bertz CT molecular complexity index is 350. The summed E-state index contributed by atoms with van der Waals surface area (Å²) < 4.78 is 0. The Labute approximate surface area is 139 Å². The maximum atomic E-state index is 2.33.